The van der Waals surface area contributed by atoms with Crippen molar-refractivity contribution in [1.29, 1.82) is 5.26 Å². The Labute approximate surface area is 202 Å². The van der Waals surface area contributed by atoms with Crippen LogP contribution in [0.25, 0.3) is 0 Å². The number of rotatable bonds is 6. The van der Waals surface area contributed by atoms with Crippen LogP contribution in [0.15, 0.2) is 48.5 Å². The Morgan fingerprint density at radius 1 is 1.29 bits per heavy atom. The van der Waals surface area contributed by atoms with E-state index < -0.39 is 23.2 Å². The van der Waals surface area contributed by atoms with Crippen molar-refractivity contribution >= 4 is 5.91 Å². The van der Waals surface area contributed by atoms with E-state index in [9.17, 15) is 18.0 Å². The minimum Gasteiger partial charge on any atom is -0.489 e. The first-order valence-electron chi connectivity index (χ1n) is 11.6. The molecule has 0 aromatic heterocycles. The highest BCUT2D eigenvalue weighted by atomic mass is 19.4. The van der Waals surface area contributed by atoms with E-state index >= 15 is 0 Å². The van der Waals surface area contributed by atoms with Crippen LogP contribution in [0.4, 0.5) is 13.2 Å². The fourth-order valence-corrected chi connectivity index (χ4v) is 5.09. The lowest BCUT2D eigenvalue weighted by Crippen LogP contribution is -2.61. The van der Waals surface area contributed by atoms with Crippen LogP contribution in [0, 0.1) is 11.3 Å². The van der Waals surface area contributed by atoms with Gasteiger partial charge in [0.2, 0.25) is 5.91 Å². The van der Waals surface area contributed by atoms with Crippen LogP contribution in [0.1, 0.15) is 48.8 Å². The van der Waals surface area contributed by atoms with Gasteiger partial charge in [-0.25, -0.2) is 0 Å². The van der Waals surface area contributed by atoms with Crippen LogP contribution >= 0.6 is 0 Å². The summed E-state index contributed by atoms with van der Waals surface area (Å²) in [5.74, 6) is -0.307. The van der Waals surface area contributed by atoms with Gasteiger partial charge in [-0.2, -0.15) is 18.4 Å². The number of primary amides is 1. The first kappa shape index (κ1) is 25.0. The van der Waals surface area contributed by atoms with Gasteiger partial charge >= 0.3 is 6.18 Å². The van der Waals surface area contributed by atoms with Crippen LogP contribution in [-0.4, -0.2) is 48.3 Å². The summed E-state index contributed by atoms with van der Waals surface area (Å²) >= 11 is 0. The second-order valence-corrected chi connectivity index (χ2v) is 9.28. The fraction of sp³-hybridized carbons (Fsp3) is 0.462. The maximum absolute atomic E-state index is 13.0. The smallest absolute Gasteiger partial charge is 0.416 e. The summed E-state index contributed by atoms with van der Waals surface area (Å²) in [5, 5.41) is 9.04. The third-order valence-electron chi connectivity index (χ3n) is 7.18. The van der Waals surface area contributed by atoms with E-state index in [1.54, 1.807) is 12.1 Å². The van der Waals surface area contributed by atoms with Gasteiger partial charge in [0.25, 0.3) is 0 Å². The second-order valence-electron chi connectivity index (χ2n) is 9.28. The average molecular weight is 488 g/mol. The monoisotopic (exact) mass is 487 g/mol. The number of nitrogens with two attached hydrogens (primary N) is 1. The van der Waals surface area contributed by atoms with Crippen LogP contribution in [-0.2, 0) is 15.7 Å². The molecule has 35 heavy (non-hydrogen) atoms. The van der Waals surface area contributed by atoms with Crippen molar-refractivity contribution in [3.05, 3.63) is 65.2 Å². The summed E-state index contributed by atoms with van der Waals surface area (Å²) in [6.07, 6.45) is -3.64. The molecule has 0 spiro atoms. The third kappa shape index (κ3) is 5.29. The quantitative estimate of drug-likeness (QED) is 0.659. The number of ether oxygens (including phenoxy) is 2. The molecule has 2 saturated heterocycles. The predicted molar refractivity (Wildman–Crippen MR) is 123 cm³/mol. The Kier molecular flexibility index (Phi) is 7.06. The Morgan fingerprint density at radius 2 is 2.03 bits per heavy atom. The van der Waals surface area contributed by atoms with Gasteiger partial charge in [0.15, 0.2) is 0 Å². The van der Waals surface area contributed by atoms with E-state index in [-0.39, 0.29) is 23.9 Å². The van der Waals surface area contributed by atoms with Gasteiger partial charge in [-0.05, 0) is 48.7 Å². The van der Waals surface area contributed by atoms with Crippen LogP contribution in [0.3, 0.4) is 0 Å². The number of hydrogen-bond acceptors (Lipinski definition) is 5. The normalized spacial score (nSPS) is 26.1. The maximum atomic E-state index is 13.0. The van der Waals surface area contributed by atoms with Crippen molar-refractivity contribution < 1.29 is 27.4 Å². The largest absolute Gasteiger partial charge is 0.489 e. The zero-order chi connectivity index (χ0) is 25.2. The predicted octanol–water partition coefficient (Wildman–Crippen LogP) is 4.24. The lowest BCUT2D eigenvalue weighted by molar-refractivity contribution is -0.142. The molecule has 2 N–H and O–H groups in total. The molecule has 2 aliphatic rings. The van der Waals surface area contributed by atoms with Crippen molar-refractivity contribution in [3.8, 4) is 11.8 Å². The Hall–Kier alpha value is -3.09. The number of amides is 1. The van der Waals surface area contributed by atoms with E-state index in [4.69, 9.17) is 20.5 Å². The number of carbonyl (C=O) groups excluding carboxylic acids is 1. The number of benzene rings is 2. The molecule has 2 aliphatic heterocycles. The number of nitrogens with zero attached hydrogens (tertiary/aromatic N) is 2. The van der Waals surface area contributed by atoms with E-state index in [2.05, 4.69) is 6.07 Å². The Morgan fingerprint density at radius 3 is 2.69 bits per heavy atom. The molecule has 0 saturated carbocycles. The molecule has 6 nitrogen and oxygen atoms in total. The number of hydrogen-bond donors (Lipinski definition) is 1. The number of nitriles is 1. The summed E-state index contributed by atoms with van der Waals surface area (Å²) in [4.78, 5) is 14.8. The van der Waals surface area contributed by atoms with Crippen molar-refractivity contribution in [3.63, 3.8) is 0 Å². The molecule has 4 rings (SSSR count). The molecule has 0 aliphatic carbocycles. The number of halogens is 3. The zero-order valence-corrected chi connectivity index (χ0v) is 19.4. The highest BCUT2D eigenvalue weighted by molar-refractivity contribution is 5.85. The summed E-state index contributed by atoms with van der Waals surface area (Å²) in [6.45, 7) is 3.32. The van der Waals surface area contributed by atoms with Gasteiger partial charge in [0.1, 0.15) is 17.4 Å². The van der Waals surface area contributed by atoms with Crippen molar-refractivity contribution in [2.75, 3.05) is 19.7 Å². The summed E-state index contributed by atoms with van der Waals surface area (Å²) in [7, 11) is 0. The number of likely N-dealkylation sites (tertiary alicyclic amines) is 1. The van der Waals surface area contributed by atoms with Gasteiger partial charge in [0.05, 0.1) is 23.3 Å². The number of carbonyl (C=O) groups is 1. The highest BCUT2D eigenvalue weighted by Gasteiger charge is 2.50. The van der Waals surface area contributed by atoms with Crippen molar-refractivity contribution in [2.24, 2.45) is 5.73 Å². The van der Waals surface area contributed by atoms with Gasteiger partial charge < -0.3 is 15.2 Å². The zero-order valence-electron chi connectivity index (χ0n) is 19.4. The summed E-state index contributed by atoms with van der Waals surface area (Å²) in [6, 6.07) is 14.2. The fourth-order valence-electron chi connectivity index (χ4n) is 5.09. The van der Waals surface area contributed by atoms with E-state index in [0.29, 0.717) is 44.5 Å². The Bertz CT molecular complexity index is 1100. The SMILES string of the molecule is C[C@@H](c1ccc(C#N)cc1)C1CC(C(N)=O)(N2CC[C@@H](Oc3cccc(C(F)(F)F)c3)C2)CCO1. The average Bonchev–Trinajstić information content (AvgIpc) is 3.32. The molecule has 2 aromatic rings. The molecule has 1 amide bonds. The minimum absolute atomic E-state index is 0.0264. The molecule has 4 atom stereocenters. The molecule has 2 fully saturated rings. The van der Waals surface area contributed by atoms with Crippen LogP contribution in [0.2, 0.25) is 0 Å². The van der Waals surface area contributed by atoms with Crippen LogP contribution in [0.5, 0.6) is 5.75 Å². The van der Waals surface area contributed by atoms with Gasteiger partial charge in [0, 0.05) is 32.0 Å². The standard InChI is InChI=1S/C26H28F3N3O3/c1-17(19-7-5-18(15-30)6-8-19)23-14-25(24(31)33,10-12-34-23)32-11-9-22(16-32)35-21-4-2-3-20(13-21)26(27,28)29/h2-8,13,17,22-23H,9-12,14,16H2,1H3,(H2,31,33)/t17-,22+,23?,25?/m0/s1. The lowest BCUT2D eigenvalue weighted by atomic mass is 9.79. The Balaban J connectivity index is 1.47. The van der Waals surface area contributed by atoms with E-state index in [0.717, 1.165) is 17.7 Å². The number of alkyl halides is 3. The summed E-state index contributed by atoms with van der Waals surface area (Å²) in [5.41, 5.74) is 5.84. The highest BCUT2D eigenvalue weighted by Crippen LogP contribution is 2.39. The molecule has 2 aromatic carbocycles. The minimum atomic E-state index is -4.44. The maximum Gasteiger partial charge on any atom is 0.416 e. The van der Waals surface area contributed by atoms with Crippen molar-refractivity contribution in [1.82, 2.24) is 4.90 Å². The summed E-state index contributed by atoms with van der Waals surface area (Å²) < 4.78 is 51.1. The molecular weight excluding hydrogens is 459 g/mol. The molecular formula is C26H28F3N3O3. The molecule has 2 unspecified atom stereocenters. The molecule has 186 valence electrons. The van der Waals surface area contributed by atoms with E-state index in [1.807, 2.05) is 24.0 Å². The third-order valence-corrected chi connectivity index (χ3v) is 7.18. The van der Waals surface area contributed by atoms with Crippen molar-refractivity contribution in [2.45, 2.75) is 56.0 Å². The first-order valence-corrected chi connectivity index (χ1v) is 11.6. The molecule has 2 heterocycles. The second kappa shape index (κ2) is 9.88. The van der Waals surface area contributed by atoms with Gasteiger partial charge in [-0.3, -0.25) is 9.69 Å². The lowest BCUT2D eigenvalue weighted by Gasteiger charge is -2.46. The van der Waals surface area contributed by atoms with E-state index in [1.165, 1.54) is 12.1 Å². The topological polar surface area (TPSA) is 88.6 Å². The molecule has 0 radical (unpaired) electrons. The molecule has 0 bridgehead atoms. The first-order chi connectivity index (χ1) is 16.6. The molecule has 9 heteroatoms. The van der Waals surface area contributed by atoms with Gasteiger partial charge in [-0.1, -0.05) is 25.1 Å². The van der Waals surface area contributed by atoms with Gasteiger partial charge in [-0.15, -0.1) is 0 Å². The van der Waals surface area contributed by atoms with Crippen LogP contribution < -0.4 is 10.5 Å².